The summed E-state index contributed by atoms with van der Waals surface area (Å²) < 4.78 is 121. The molecule has 0 spiro atoms. The lowest BCUT2D eigenvalue weighted by molar-refractivity contribution is -0.187. The number of hydrogen-bond donors (Lipinski definition) is 0. The van der Waals surface area contributed by atoms with Crippen LogP contribution in [0.15, 0.2) is 85.1 Å². The first-order chi connectivity index (χ1) is 19.5. The molecule has 0 aliphatic heterocycles. The summed E-state index contributed by atoms with van der Waals surface area (Å²) in [4.78, 5) is 0. The van der Waals surface area contributed by atoms with E-state index in [9.17, 15) is 35.1 Å². The first-order valence-electron chi connectivity index (χ1n) is 12.3. The van der Waals surface area contributed by atoms with E-state index in [4.69, 9.17) is 0 Å². The largest absolute Gasteiger partial charge is 0.459 e. The normalized spacial score (nSPS) is 11.9. The molecule has 0 bridgehead atoms. The molecular formula is C31H22F8O2. The molecule has 4 aromatic carbocycles. The molecule has 10 heteroatoms. The van der Waals surface area contributed by atoms with Gasteiger partial charge >= 0.3 is 6.11 Å². The van der Waals surface area contributed by atoms with Crippen molar-refractivity contribution in [3.8, 4) is 33.8 Å². The van der Waals surface area contributed by atoms with E-state index in [-0.39, 0.29) is 17.2 Å². The lowest BCUT2D eigenvalue weighted by Crippen LogP contribution is -2.23. The highest BCUT2D eigenvalue weighted by Crippen LogP contribution is 2.37. The van der Waals surface area contributed by atoms with Crippen LogP contribution in [-0.2, 0) is 12.5 Å². The number of rotatable bonds is 10. The van der Waals surface area contributed by atoms with Crippen molar-refractivity contribution < 1.29 is 44.6 Å². The lowest BCUT2D eigenvalue weighted by Gasteiger charge is -2.20. The van der Waals surface area contributed by atoms with Crippen molar-refractivity contribution >= 4 is 0 Å². The second-order valence-electron chi connectivity index (χ2n) is 8.95. The SMILES string of the molecule is CCCc1ccc(-c2ccc(-c3ccc(C(F)(F)Oc4cc(F)c(O/C=C/C(F)F)c(F)c4)c(F)c3)c(F)c2)cc1. The molecule has 0 fully saturated rings. The van der Waals surface area contributed by atoms with Gasteiger partial charge in [-0.15, -0.1) is 0 Å². The predicted octanol–water partition coefficient (Wildman–Crippen LogP) is 9.82. The van der Waals surface area contributed by atoms with Gasteiger partial charge in [-0.25, -0.2) is 26.3 Å². The van der Waals surface area contributed by atoms with Crippen LogP contribution in [0, 0.1) is 23.3 Å². The highest BCUT2D eigenvalue weighted by molar-refractivity contribution is 5.71. The summed E-state index contributed by atoms with van der Waals surface area (Å²) in [5.74, 6) is -7.37. The Hall–Kier alpha value is -4.34. The van der Waals surface area contributed by atoms with Gasteiger partial charge in [-0.3, -0.25) is 0 Å². The number of aryl methyl sites for hydroxylation is 1. The third kappa shape index (κ3) is 7.06. The smallest absolute Gasteiger partial charge is 0.429 e. The van der Waals surface area contributed by atoms with Gasteiger partial charge in [0, 0.05) is 23.8 Å². The zero-order valence-electron chi connectivity index (χ0n) is 21.4. The van der Waals surface area contributed by atoms with Crippen LogP contribution in [0.3, 0.4) is 0 Å². The summed E-state index contributed by atoms with van der Waals surface area (Å²) in [7, 11) is 0. The predicted molar refractivity (Wildman–Crippen MR) is 138 cm³/mol. The fraction of sp³-hybridized carbons (Fsp3) is 0.161. The lowest BCUT2D eigenvalue weighted by atomic mass is 9.97. The maximum atomic E-state index is 15.0. The van der Waals surface area contributed by atoms with E-state index in [1.165, 1.54) is 12.1 Å². The van der Waals surface area contributed by atoms with Gasteiger partial charge in [-0.2, -0.15) is 8.78 Å². The molecule has 0 saturated carbocycles. The molecule has 0 aliphatic carbocycles. The molecule has 2 nitrogen and oxygen atoms in total. The zero-order valence-corrected chi connectivity index (χ0v) is 21.4. The Balaban J connectivity index is 1.54. The molecule has 4 aromatic rings. The van der Waals surface area contributed by atoms with Gasteiger partial charge in [0.1, 0.15) is 17.4 Å². The van der Waals surface area contributed by atoms with Crippen LogP contribution < -0.4 is 9.47 Å². The van der Waals surface area contributed by atoms with E-state index in [0.29, 0.717) is 36.1 Å². The fourth-order valence-electron chi connectivity index (χ4n) is 4.08. The summed E-state index contributed by atoms with van der Waals surface area (Å²) in [6.45, 7) is 2.06. The number of benzene rings is 4. The number of ether oxygens (including phenoxy) is 2. The maximum Gasteiger partial charge on any atom is 0.429 e. The Bertz CT molecular complexity index is 1530. The van der Waals surface area contributed by atoms with Crippen molar-refractivity contribution in [1.29, 1.82) is 0 Å². The van der Waals surface area contributed by atoms with E-state index in [1.54, 1.807) is 6.07 Å². The number of halogens is 8. The van der Waals surface area contributed by atoms with Crippen molar-refractivity contribution in [3.63, 3.8) is 0 Å². The molecule has 41 heavy (non-hydrogen) atoms. The second kappa shape index (κ2) is 12.4. The molecule has 0 radical (unpaired) electrons. The Labute approximate surface area is 230 Å². The van der Waals surface area contributed by atoms with Gasteiger partial charge in [0.05, 0.1) is 11.8 Å². The van der Waals surface area contributed by atoms with Gasteiger partial charge in [-0.1, -0.05) is 55.8 Å². The molecular weight excluding hydrogens is 556 g/mol. The van der Waals surface area contributed by atoms with E-state index in [2.05, 4.69) is 16.4 Å². The summed E-state index contributed by atoms with van der Waals surface area (Å²) in [6.07, 6.45) is -4.91. The van der Waals surface area contributed by atoms with Gasteiger partial charge < -0.3 is 9.47 Å². The molecule has 0 aliphatic rings. The molecule has 214 valence electrons. The highest BCUT2D eigenvalue weighted by Gasteiger charge is 2.38. The standard InChI is InChI=1S/C31H22F8O2/c1-2-3-18-4-6-19(7-5-18)20-8-10-23(25(32)14-20)21-9-11-24(26(33)15-21)31(38,39)41-22-16-27(34)30(28(35)17-22)40-13-12-29(36)37/h4-17,29H,2-3H2,1H3/b13-12+. The topological polar surface area (TPSA) is 18.5 Å². The first-order valence-corrected chi connectivity index (χ1v) is 12.3. The minimum absolute atomic E-state index is 0.0279. The molecule has 0 heterocycles. The summed E-state index contributed by atoms with van der Waals surface area (Å²) in [6, 6.07) is 15.0. The first kappa shape index (κ1) is 29.6. The molecule has 0 aromatic heterocycles. The number of hydrogen-bond acceptors (Lipinski definition) is 2. The van der Waals surface area contributed by atoms with Crippen molar-refractivity contribution in [1.82, 2.24) is 0 Å². The Kier molecular flexibility index (Phi) is 9.00. The highest BCUT2D eigenvalue weighted by atomic mass is 19.3. The summed E-state index contributed by atoms with van der Waals surface area (Å²) >= 11 is 0. The summed E-state index contributed by atoms with van der Waals surface area (Å²) in [5.41, 5.74) is 1.15. The minimum Gasteiger partial charge on any atom is -0.459 e. The minimum atomic E-state index is -4.40. The van der Waals surface area contributed by atoms with Crippen molar-refractivity contribution in [2.24, 2.45) is 0 Å². The van der Waals surface area contributed by atoms with E-state index < -0.39 is 52.9 Å². The van der Waals surface area contributed by atoms with E-state index in [0.717, 1.165) is 30.0 Å². The molecule has 0 N–H and O–H groups in total. The van der Waals surface area contributed by atoms with Crippen LogP contribution in [-0.4, -0.2) is 6.43 Å². The molecule has 0 saturated heterocycles. The van der Waals surface area contributed by atoms with Crippen LogP contribution in [0.2, 0.25) is 0 Å². The Morgan fingerprint density at radius 3 is 1.93 bits per heavy atom. The average molecular weight is 578 g/mol. The molecule has 0 amide bonds. The van der Waals surface area contributed by atoms with E-state index in [1.807, 2.05) is 24.3 Å². The fourth-order valence-corrected chi connectivity index (χ4v) is 4.08. The Morgan fingerprint density at radius 2 is 1.34 bits per heavy atom. The molecule has 4 rings (SSSR count). The zero-order chi connectivity index (χ0) is 29.7. The van der Waals surface area contributed by atoms with Crippen LogP contribution in [0.4, 0.5) is 35.1 Å². The monoisotopic (exact) mass is 578 g/mol. The Morgan fingerprint density at radius 1 is 0.732 bits per heavy atom. The van der Waals surface area contributed by atoms with Crippen molar-refractivity contribution in [3.05, 3.63) is 120 Å². The van der Waals surface area contributed by atoms with Crippen LogP contribution >= 0.6 is 0 Å². The van der Waals surface area contributed by atoms with Gasteiger partial charge in [0.25, 0.3) is 6.43 Å². The summed E-state index contributed by atoms with van der Waals surface area (Å²) in [5, 5.41) is 0. The second-order valence-corrected chi connectivity index (χ2v) is 8.95. The quantitative estimate of drug-likeness (QED) is 0.138. The molecule has 0 unspecified atom stereocenters. The number of allylic oxidation sites excluding steroid dienone is 1. The van der Waals surface area contributed by atoms with Crippen molar-refractivity contribution in [2.45, 2.75) is 32.3 Å². The van der Waals surface area contributed by atoms with Gasteiger partial charge in [0.15, 0.2) is 17.4 Å². The van der Waals surface area contributed by atoms with Crippen LogP contribution in [0.1, 0.15) is 24.5 Å². The van der Waals surface area contributed by atoms with Crippen LogP contribution in [0.25, 0.3) is 22.3 Å². The van der Waals surface area contributed by atoms with E-state index >= 15 is 0 Å². The average Bonchev–Trinajstić information content (AvgIpc) is 2.90. The third-order valence-corrected chi connectivity index (χ3v) is 6.02. The van der Waals surface area contributed by atoms with Crippen LogP contribution in [0.5, 0.6) is 11.5 Å². The van der Waals surface area contributed by atoms with Gasteiger partial charge in [-0.05, 0) is 46.9 Å². The maximum absolute atomic E-state index is 15.0. The number of alkyl halides is 4. The van der Waals surface area contributed by atoms with Crippen molar-refractivity contribution in [2.75, 3.05) is 0 Å². The van der Waals surface area contributed by atoms with Gasteiger partial charge in [0.2, 0.25) is 0 Å². The third-order valence-electron chi connectivity index (χ3n) is 6.02. The molecule has 0 atom stereocenters.